The Hall–Kier alpha value is -1.23. The lowest BCUT2D eigenvalue weighted by Crippen LogP contribution is -1.73. The zero-order valence-corrected chi connectivity index (χ0v) is 5.80. The van der Waals surface area contributed by atoms with Crippen LogP contribution in [0.3, 0.4) is 0 Å². The third-order valence-corrected chi connectivity index (χ3v) is 1.86. The number of rotatable bonds is 1. The first-order valence-corrected chi connectivity index (χ1v) is 3.61. The maximum absolute atomic E-state index is 4.05. The molecule has 2 aromatic heterocycles. The van der Waals surface area contributed by atoms with E-state index in [1.54, 1.807) is 23.7 Å². The van der Waals surface area contributed by atoms with Gasteiger partial charge in [0.1, 0.15) is 10.7 Å². The summed E-state index contributed by atoms with van der Waals surface area (Å²) < 4.78 is 0. The average molecular weight is 152 g/mol. The predicted molar refractivity (Wildman–Crippen MR) is 37.5 cm³/mol. The van der Waals surface area contributed by atoms with Crippen LogP contribution in [0.5, 0.6) is 0 Å². The molecule has 0 bridgehead atoms. The van der Waals surface area contributed by atoms with E-state index in [2.05, 4.69) is 20.4 Å². The van der Waals surface area contributed by atoms with Gasteiger partial charge in [0.05, 0.1) is 6.20 Å². The fraction of sp³-hybridized carbons (Fsp3) is 0. The van der Waals surface area contributed by atoms with Crippen LogP contribution in [0, 0.1) is 0 Å². The van der Waals surface area contributed by atoms with Crippen LogP contribution in [0.2, 0.25) is 0 Å². The lowest BCUT2D eigenvalue weighted by molar-refractivity contribution is 0.941. The van der Waals surface area contributed by atoms with Crippen molar-refractivity contribution in [3.8, 4) is 10.7 Å². The van der Waals surface area contributed by atoms with Gasteiger partial charge in [0, 0.05) is 11.6 Å². The fourth-order valence-electron chi connectivity index (χ4n) is 0.656. The molecule has 50 valence electrons. The molecule has 1 N–H and O–H groups in total. The molecule has 2 heterocycles. The molecular formula is C5H4N4S. The molecule has 0 spiro atoms. The maximum Gasteiger partial charge on any atom is 0.145 e. The topological polar surface area (TPSA) is 54.5 Å². The summed E-state index contributed by atoms with van der Waals surface area (Å²) in [5.41, 5.74) is 0.801. The first-order chi connectivity index (χ1) is 4.97. The highest BCUT2D eigenvalue weighted by molar-refractivity contribution is 7.13. The standard InChI is InChI=1S/C5H4N4S/c1-2-10-5(6-1)4-3-7-9-8-4/h1-3H,(H,7,8,9). The van der Waals surface area contributed by atoms with Gasteiger partial charge in [-0.25, -0.2) is 4.98 Å². The van der Waals surface area contributed by atoms with Crippen LogP contribution < -0.4 is 0 Å². The SMILES string of the molecule is c1csc(-c2c[nH]nn2)n1. The Labute approximate surface area is 60.9 Å². The van der Waals surface area contributed by atoms with Gasteiger partial charge in [-0.1, -0.05) is 5.21 Å². The van der Waals surface area contributed by atoms with Crippen LogP contribution in [0.1, 0.15) is 0 Å². The number of thiazole rings is 1. The first-order valence-electron chi connectivity index (χ1n) is 2.73. The molecule has 0 unspecified atom stereocenters. The molecule has 0 aliphatic carbocycles. The fourth-order valence-corrected chi connectivity index (χ4v) is 1.25. The molecule has 0 fully saturated rings. The zero-order valence-electron chi connectivity index (χ0n) is 4.98. The minimum Gasteiger partial charge on any atom is -0.265 e. The normalized spacial score (nSPS) is 10.0. The maximum atomic E-state index is 4.05. The summed E-state index contributed by atoms with van der Waals surface area (Å²) in [6.45, 7) is 0. The van der Waals surface area contributed by atoms with E-state index in [9.17, 15) is 0 Å². The average Bonchev–Trinajstić information content (AvgIpc) is 2.59. The van der Waals surface area contributed by atoms with Crippen molar-refractivity contribution >= 4 is 11.3 Å². The van der Waals surface area contributed by atoms with Crippen LogP contribution in [-0.4, -0.2) is 20.4 Å². The van der Waals surface area contributed by atoms with Crippen molar-refractivity contribution in [2.24, 2.45) is 0 Å². The van der Waals surface area contributed by atoms with E-state index in [4.69, 9.17) is 0 Å². The molecule has 0 saturated heterocycles. The molecule has 0 atom stereocenters. The molecule has 0 aliphatic rings. The van der Waals surface area contributed by atoms with Crippen molar-refractivity contribution in [1.82, 2.24) is 20.4 Å². The van der Waals surface area contributed by atoms with E-state index < -0.39 is 0 Å². The summed E-state index contributed by atoms with van der Waals surface area (Å²) in [7, 11) is 0. The summed E-state index contributed by atoms with van der Waals surface area (Å²) in [5.74, 6) is 0. The van der Waals surface area contributed by atoms with Gasteiger partial charge in [-0.15, -0.1) is 16.4 Å². The van der Waals surface area contributed by atoms with Crippen molar-refractivity contribution in [1.29, 1.82) is 0 Å². The van der Waals surface area contributed by atoms with Crippen molar-refractivity contribution in [2.45, 2.75) is 0 Å². The van der Waals surface area contributed by atoms with Crippen LogP contribution in [0.25, 0.3) is 10.7 Å². The largest absolute Gasteiger partial charge is 0.265 e. The molecule has 5 heteroatoms. The lowest BCUT2D eigenvalue weighted by atomic mass is 10.5. The van der Waals surface area contributed by atoms with Crippen LogP contribution in [-0.2, 0) is 0 Å². The van der Waals surface area contributed by atoms with Gasteiger partial charge >= 0.3 is 0 Å². The third-order valence-electron chi connectivity index (χ3n) is 1.07. The van der Waals surface area contributed by atoms with Gasteiger partial charge in [-0.05, 0) is 0 Å². The number of nitrogens with one attached hydrogen (secondary N) is 1. The van der Waals surface area contributed by atoms with Crippen molar-refractivity contribution in [3.63, 3.8) is 0 Å². The summed E-state index contributed by atoms with van der Waals surface area (Å²) in [5, 5.41) is 12.8. The van der Waals surface area contributed by atoms with Gasteiger partial charge in [-0.2, -0.15) is 0 Å². The number of nitrogens with zero attached hydrogens (tertiary/aromatic N) is 3. The summed E-state index contributed by atoms with van der Waals surface area (Å²) in [6.07, 6.45) is 3.47. The summed E-state index contributed by atoms with van der Waals surface area (Å²) in [4.78, 5) is 4.05. The van der Waals surface area contributed by atoms with Crippen LogP contribution in [0.4, 0.5) is 0 Å². The molecule has 2 rings (SSSR count). The highest BCUT2D eigenvalue weighted by Gasteiger charge is 2.00. The minimum absolute atomic E-state index is 0.801. The third kappa shape index (κ3) is 0.801. The molecule has 4 nitrogen and oxygen atoms in total. The first kappa shape index (κ1) is 5.55. The van der Waals surface area contributed by atoms with Crippen LogP contribution in [0.15, 0.2) is 17.8 Å². The van der Waals surface area contributed by atoms with Gasteiger partial charge in [0.2, 0.25) is 0 Å². The minimum atomic E-state index is 0.801. The van der Waals surface area contributed by atoms with Gasteiger partial charge in [0.25, 0.3) is 0 Å². The Balaban J connectivity index is 2.48. The second-order valence-electron chi connectivity index (χ2n) is 1.70. The van der Waals surface area contributed by atoms with Crippen LogP contribution >= 0.6 is 11.3 Å². The monoisotopic (exact) mass is 152 g/mol. The molecule has 0 saturated carbocycles. The highest BCUT2D eigenvalue weighted by Crippen LogP contribution is 2.16. The van der Waals surface area contributed by atoms with E-state index in [1.807, 2.05) is 5.38 Å². The summed E-state index contributed by atoms with van der Waals surface area (Å²) >= 11 is 1.55. The Morgan fingerprint density at radius 3 is 3.10 bits per heavy atom. The Bertz CT molecular complexity index is 253. The van der Waals surface area contributed by atoms with Gasteiger partial charge < -0.3 is 0 Å². The molecule has 0 aromatic carbocycles. The highest BCUT2D eigenvalue weighted by atomic mass is 32.1. The second-order valence-corrected chi connectivity index (χ2v) is 2.59. The lowest BCUT2D eigenvalue weighted by Gasteiger charge is -1.80. The number of hydrogen-bond donors (Lipinski definition) is 1. The summed E-state index contributed by atoms with van der Waals surface area (Å²) in [6, 6.07) is 0. The Morgan fingerprint density at radius 1 is 1.50 bits per heavy atom. The number of H-pyrrole nitrogens is 1. The molecule has 0 radical (unpaired) electrons. The Kier molecular flexibility index (Phi) is 1.21. The van der Waals surface area contributed by atoms with E-state index >= 15 is 0 Å². The van der Waals surface area contributed by atoms with E-state index in [-0.39, 0.29) is 0 Å². The van der Waals surface area contributed by atoms with Crippen molar-refractivity contribution in [2.75, 3.05) is 0 Å². The van der Waals surface area contributed by atoms with Gasteiger partial charge in [0.15, 0.2) is 0 Å². The van der Waals surface area contributed by atoms with Crippen molar-refractivity contribution < 1.29 is 0 Å². The second kappa shape index (κ2) is 2.18. The van der Waals surface area contributed by atoms with E-state index in [1.165, 1.54) is 0 Å². The Morgan fingerprint density at radius 2 is 2.50 bits per heavy atom. The zero-order chi connectivity index (χ0) is 6.81. The molecule has 0 aliphatic heterocycles. The molecule has 10 heavy (non-hydrogen) atoms. The van der Waals surface area contributed by atoms with Crippen molar-refractivity contribution in [3.05, 3.63) is 17.8 Å². The number of aromatic amines is 1. The molecule has 0 amide bonds. The smallest absolute Gasteiger partial charge is 0.145 e. The van der Waals surface area contributed by atoms with E-state index in [0.29, 0.717) is 0 Å². The number of aromatic nitrogens is 4. The quantitative estimate of drug-likeness (QED) is 0.661. The number of hydrogen-bond acceptors (Lipinski definition) is 4. The predicted octanol–water partition coefficient (Wildman–Crippen LogP) is 0.928. The van der Waals surface area contributed by atoms with E-state index in [0.717, 1.165) is 10.7 Å². The molecule has 2 aromatic rings. The van der Waals surface area contributed by atoms with Gasteiger partial charge in [-0.3, -0.25) is 5.10 Å². The molecular weight excluding hydrogens is 148 g/mol.